The van der Waals surface area contributed by atoms with E-state index in [0.717, 1.165) is 23.0 Å². The monoisotopic (exact) mass is 179 g/mol. The minimum atomic E-state index is 0.110. The maximum Gasteiger partial charge on any atom is 0.0821 e. The Bertz CT molecular complexity index is 276. The number of likely N-dealkylation sites (N-methyl/N-ethyl adjacent to an activating group) is 1. The van der Waals surface area contributed by atoms with Gasteiger partial charge >= 0.3 is 0 Å². The lowest BCUT2D eigenvalue weighted by molar-refractivity contribution is -0.870. The number of quaternary nitrogens is 1. The van der Waals surface area contributed by atoms with Gasteiger partial charge in [0.2, 0.25) is 0 Å². The Morgan fingerprint density at radius 3 is 2.46 bits per heavy atom. The van der Waals surface area contributed by atoms with Crippen molar-refractivity contribution in [2.24, 2.45) is 0 Å². The number of hydrogen-bond acceptors (Lipinski definition) is 1. The van der Waals surface area contributed by atoms with Crippen LogP contribution in [-0.4, -0.2) is 32.2 Å². The summed E-state index contributed by atoms with van der Waals surface area (Å²) >= 11 is 0. The fourth-order valence-corrected chi connectivity index (χ4v) is 1.17. The summed E-state index contributed by atoms with van der Waals surface area (Å²) in [7, 11) is 6.46. The molecular formula is C11H17NO. The Labute approximate surface area is 80.0 Å². The minimum Gasteiger partial charge on any atom is -0.872 e. The average molecular weight is 179 g/mol. The van der Waals surface area contributed by atoms with Gasteiger partial charge in [-0.1, -0.05) is 24.3 Å². The van der Waals surface area contributed by atoms with E-state index in [9.17, 15) is 5.11 Å². The Morgan fingerprint density at radius 2 is 1.92 bits per heavy atom. The van der Waals surface area contributed by atoms with E-state index in [1.54, 1.807) is 12.1 Å². The Morgan fingerprint density at radius 1 is 1.23 bits per heavy atom. The summed E-state index contributed by atoms with van der Waals surface area (Å²) in [5, 5.41) is 11.0. The largest absolute Gasteiger partial charge is 0.872 e. The van der Waals surface area contributed by atoms with E-state index in [-0.39, 0.29) is 5.75 Å². The molecule has 0 aromatic heterocycles. The molecule has 2 nitrogen and oxygen atoms in total. The van der Waals surface area contributed by atoms with Crippen LogP contribution >= 0.6 is 0 Å². The maximum atomic E-state index is 11.0. The summed E-state index contributed by atoms with van der Waals surface area (Å²) in [6, 6.07) is 7.15. The molecule has 0 spiro atoms. The molecule has 0 radical (unpaired) electrons. The van der Waals surface area contributed by atoms with Gasteiger partial charge in [0.1, 0.15) is 0 Å². The standard InChI is InChI=1S/C11H17NO/c1-12(2,3)8-7-10-5-4-6-11(13)9-10/h4-6,9H,7-8H2,1-3H3. The summed E-state index contributed by atoms with van der Waals surface area (Å²) in [6.07, 6.45) is 0.972. The third kappa shape index (κ3) is 3.95. The Hall–Kier alpha value is -1.02. The molecule has 0 aliphatic heterocycles. The molecule has 0 N–H and O–H groups in total. The van der Waals surface area contributed by atoms with Crippen LogP contribution in [0.2, 0.25) is 0 Å². The number of nitrogens with zero attached hydrogens (tertiary/aromatic N) is 1. The molecule has 1 rings (SSSR count). The summed E-state index contributed by atoms with van der Waals surface area (Å²) in [6.45, 7) is 1.06. The fourth-order valence-electron chi connectivity index (χ4n) is 1.17. The van der Waals surface area contributed by atoms with Crippen molar-refractivity contribution in [3.8, 4) is 5.75 Å². The zero-order valence-electron chi connectivity index (χ0n) is 8.58. The van der Waals surface area contributed by atoms with Crippen molar-refractivity contribution in [2.75, 3.05) is 27.7 Å². The molecule has 2 heteroatoms. The third-order valence-electron chi connectivity index (χ3n) is 1.97. The second kappa shape index (κ2) is 3.79. The number of hydrogen-bond donors (Lipinski definition) is 0. The quantitative estimate of drug-likeness (QED) is 0.635. The van der Waals surface area contributed by atoms with Crippen LogP contribution < -0.4 is 5.11 Å². The van der Waals surface area contributed by atoms with Gasteiger partial charge in [-0.05, 0) is 5.56 Å². The van der Waals surface area contributed by atoms with Crippen LogP contribution in [-0.2, 0) is 6.42 Å². The van der Waals surface area contributed by atoms with E-state index >= 15 is 0 Å². The lowest BCUT2D eigenvalue weighted by atomic mass is 10.1. The second-order valence-electron chi connectivity index (χ2n) is 4.41. The van der Waals surface area contributed by atoms with Crippen molar-refractivity contribution in [3.63, 3.8) is 0 Å². The average Bonchev–Trinajstić information content (AvgIpc) is 2.00. The van der Waals surface area contributed by atoms with Gasteiger partial charge in [-0.2, -0.15) is 0 Å². The van der Waals surface area contributed by atoms with Gasteiger partial charge in [0.05, 0.1) is 27.7 Å². The van der Waals surface area contributed by atoms with E-state index < -0.39 is 0 Å². The van der Waals surface area contributed by atoms with Gasteiger partial charge < -0.3 is 9.59 Å². The van der Waals surface area contributed by atoms with Gasteiger partial charge in [0.25, 0.3) is 0 Å². The van der Waals surface area contributed by atoms with Crippen LogP contribution in [0, 0.1) is 0 Å². The highest BCUT2D eigenvalue weighted by atomic mass is 16.3. The molecule has 0 fully saturated rings. The molecule has 72 valence electrons. The molecule has 13 heavy (non-hydrogen) atoms. The molecule has 0 saturated heterocycles. The summed E-state index contributed by atoms with van der Waals surface area (Å²) in [4.78, 5) is 0. The smallest absolute Gasteiger partial charge is 0.0821 e. The molecule has 0 aliphatic rings. The predicted octanol–water partition coefficient (Wildman–Crippen LogP) is 1.01. The highest BCUT2D eigenvalue weighted by Gasteiger charge is 2.05. The molecule has 0 saturated carbocycles. The molecule has 0 atom stereocenters. The molecule has 0 aliphatic carbocycles. The van der Waals surface area contributed by atoms with Crippen molar-refractivity contribution in [3.05, 3.63) is 29.8 Å². The Balaban J connectivity index is 2.55. The first-order valence-corrected chi connectivity index (χ1v) is 4.54. The van der Waals surface area contributed by atoms with E-state index in [1.807, 2.05) is 12.1 Å². The minimum absolute atomic E-state index is 0.110. The van der Waals surface area contributed by atoms with Gasteiger partial charge in [0, 0.05) is 6.42 Å². The third-order valence-corrected chi connectivity index (χ3v) is 1.97. The summed E-state index contributed by atoms with van der Waals surface area (Å²) in [5.41, 5.74) is 1.14. The zero-order chi connectivity index (χ0) is 9.90. The van der Waals surface area contributed by atoms with Crippen LogP contribution in [0.4, 0.5) is 0 Å². The number of benzene rings is 1. The molecule has 0 unspecified atom stereocenters. The molecule has 0 heterocycles. The van der Waals surface area contributed by atoms with Crippen LogP contribution in [0.3, 0.4) is 0 Å². The van der Waals surface area contributed by atoms with E-state index in [0.29, 0.717) is 0 Å². The first kappa shape index (κ1) is 10.1. The molecule has 1 aromatic carbocycles. The highest BCUT2D eigenvalue weighted by Crippen LogP contribution is 2.09. The van der Waals surface area contributed by atoms with Crippen LogP contribution in [0.15, 0.2) is 24.3 Å². The SMILES string of the molecule is C[N+](C)(C)CCc1cccc([O-])c1. The van der Waals surface area contributed by atoms with Crippen molar-refractivity contribution < 1.29 is 9.59 Å². The lowest BCUT2D eigenvalue weighted by Gasteiger charge is -2.24. The normalized spacial score (nSPS) is 11.6. The summed E-state index contributed by atoms with van der Waals surface area (Å²) < 4.78 is 0.934. The van der Waals surface area contributed by atoms with Crippen LogP contribution in [0.25, 0.3) is 0 Å². The van der Waals surface area contributed by atoms with Gasteiger partial charge in [-0.15, -0.1) is 5.75 Å². The zero-order valence-corrected chi connectivity index (χ0v) is 8.58. The number of rotatable bonds is 3. The van der Waals surface area contributed by atoms with Gasteiger partial charge in [-0.25, -0.2) is 0 Å². The first-order chi connectivity index (χ1) is 5.97. The van der Waals surface area contributed by atoms with E-state index in [2.05, 4.69) is 21.1 Å². The first-order valence-electron chi connectivity index (χ1n) is 4.54. The van der Waals surface area contributed by atoms with E-state index in [4.69, 9.17) is 0 Å². The van der Waals surface area contributed by atoms with E-state index in [1.165, 1.54) is 0 Å². The lowest BCUT2D eigenvalue weighted by Crippen LogP contribution is -2.36. The maximum absolute atomic E-state index is 11.0. The molecule has 0 bridgehead atoms. The molecule has 0 amide bonds. The van der Waals surface area contributed by atoms with Crippen LogP contribution in [0.5, 0.6) is 5.75 Å². The van der Waals surface area contributed by atoms with Crippen molar-refractivity contribution in [1.29, 1.82) is 0 Å². The summed E-state index contributed by atoms with van der Waals surface area (Å²) in [5.74, 6) is 0.110. The molecule has 1 aromatic rings. The van der Waals surface area contributed by atoms with Gasteiger partial charge in [-0.3, -0.25) is 0 Å². The second-order valence-corrected chi connectivity index (χ2v) is 4.41. The molecular weight excluding hydrogens is 162 g/mol. The van der Waals surface area contributed by atoms with Crippen molar-refractivity contribution in [2.45, 2.75) is 6.42 Å². The Kier molecular flexibility index (Phi) is 2.94. The van der Waals surface area contributed by atoms with Crippen molar-refractivity contribution >= 4 is 0 Å². The van der Waals surface area contributed by atoms with Crippen LogP contribution in [0.1, 0.15) is 5.56 Å². The fraction of sp³-hybridized carbons (Fsp3) is 0.455. The topological polar surface area (TPSA) is 23.1 Å². The van der Waals surface area contributed by atoms with Crippen molar-refractivity contribution in [1.82, 2.24) is 0 Å². The van der Waals surface area contributed by atoms with Gasteiger partial charge in [0.15, 0.2) is 0 Å². The highest BCUT2D eigenvalue weighted by molar-refractivity contribution is 5.26. The predicted molar refractivity (Wildman–Crippen MR) is 52.5 cm³/mol.